The van der Waals surface area contributed by atoms with Gasteiger partial charge >= 0.3 is 0 Å². The Morgan fingerprint density at radius 2 is 1.50 bits per heavy atom. The number of hydrogen-bond acceptors (Lipinski definition) is 3. The molecule has 0 aliphatic carbocycles. The van der Waals surface area contributed by atoms with Crippen LogP contribution in [-0.2, 0) is 9.53 Å². The summed E-state index contributed by atoms with van der Waals surface area (Å²) in [6, 6.07) is 0. The van der Waals surface area contributed by atoms with Gasteiger partial charge in [0.15, 0.2) is 0 Å². The molecule has 0 unspecified atom stereocenters. The third kappa shape index (κ3) is 576. The van der Waals surface area contributed by atoms with Crippen LogP contribution in [0.5, 0.6) is 0 Å². The average molecular weight is 119 g/mol. The Hall–Kier alpha value is -0.570. The summed E-state index contributed by atoms with van der Waals surface area (Å²) in [6.07, 6.45) is 0. The lowest BCUT2D eigenvalue weighted by Crippen LogP contribution is -1.99. The molecule has 50 valence electrons. The van der Waals surface area contributed by atoms with E-state index in [1.165, 1.54) is 7.11 Å². The van der Waals surface area contributed by atoms with Crippen LogP contribution in [0.15, 0.2) is 0 Å². The van der Waals surface area contributed by atoms with E-state index in [0.29, 0.717) is 6.47 Å². The van der Waals surface area contributed by atoms with Gasteiger partial charge in [0.05, 0.1) is 7.11 Å². The molecule has 0 saturated carbocycles. The van der Waals surface area contributed by atoms with Gasteiger partial charge in [-0.2, -0.15) is 0 Å². The minimum atomic E-state index is 0.375. The van der Waals surface area contributed by atoms with Gasteiger partial charge in [0.2, 0.25) is 0 Å². The van der Waals surface area contributed by atoms with Gasteiger partial charge in [-0.1, -0.05) is 0 Å². The molecule has 0 N–H and O–H groups in total. The Kier molecular flexibility index (Phi) is 12.6. The van der Waals surface area contributed by atoms with Crippen LogP contribution in [0, 0.1) is 0 Å². The van der Waals surface area contributed by atoms with E-state index < -0.39 is 0 Å². The molecule has 0 bridgehead atoms. The normalized spacial score (nSPS) is 7.12. The topological polar surface area (TPSA) is 29.5 Å². The summed E-state index contributed by atoms with van der Waals surface area (Å²) in [4.78, 5) is 11.0. The quantitative estimate of drug-likeness (QED) is 0.454. The Labute approximate surface area is 50.2 Å². The first kappa shape index (κ1) is 10.4. The van der Waals surface area contributed by atoms with Crippen LogP contribution in [0.3, 0.4) is 0 Å². The smallest absolute Gasteiger partial charge is 0.292 e. The van der Waals surface area contributed by atoms with Gasteiger partial charge in [-0.25, -0.2) is 0 Å². The highest BCUT2D eigenvalue weighted by Gasteiger charge is 1.58. The van der Waals surface area contributed by atoms with E-state index in [1.54, 1.807) is 0 Å². The lowest BCUT2D eigenvalue weighted by Gasteiger charge is -1.90. The van der Waals surface area contributed by atoms with Crippen LogP contribution < -0.4 is 0 Å². The van der Waals surface area contributed by atoms with Crippen LogP contribution in [0.25, 0.3) is 0 Å². The maximum Gasteiger partial charge on any atom is 0.292 e. The number of carbonyl (C=O) groups excluding carboxylic acids is 1. The predicted octanol–water partition coefficient (Wildman–Crippen LogP) is -0.0330. The summed E-state index contributed by atoms with van der Waals surface area (Å²) in [6.45, 7) is 0.375. The van der Waals surface area contributed by atoms with Crippen molar-refractivity contribution in [3.8, 4) is 0 Å². The molecule has 3 nitrogen and oxygen atoms in total. The number of rotatable bonds is 1. The lowest BCUT2D eigenvalue weighted by atomic mass is 11.0. The van der Waals surface area contributed by atoms with Crippen molar-refractivity contribution in [1.29, 1.82) is 0 Å². The summed E-state index contributed by atoms with van der Waals surface area (Å²) >= 11 is 0. The van der Waals surface area contributed by atoms with E-state index >= 15 is 0 Å². The molecule has 0 aromatic carbocycles. The molecule has 0 spiro atoms. The molecule has 0 atom stereocenters. The maximum absolute atomic E-state index is 8.95. The Morgan fingerprint density at radius 1 is 1.38 bits per heavy atom. The van der Waals surface area contributed by atoms with Crippen molar-refractivity contribution >= 4 is 6.47 Å². The fraction of sp³-hybridized carbons (Fsp3) is 0.800. The monoisotopic (exact) mass is 119 g/mol. The zero-order valence-corrected chi connectivity index (χ0v) is 5.84. The first-order valence-electron chi connectivity index (χ1n) is 2.22. The molecule has 0 aromatic heterocycles. The number of hydrogen-bond donors (Lipinski definition) is 0. The SMILES string of the molecule is CN(C)C.COC=O. The van der Waals surface area contributed by atoms with Gasteiger partial charge in [-0.15, -0.1) is 0 Å². The summed E-state index contributed by atoms with van der Waals surface area (Å²) in [5, 5.41) is 0. The summed E-state index contributed by atoms with van der Waals surface area (Å²) in [5.41, 5.74) is 0. The summed E-state index contributed by atoms with van der Waals surface area (Å²) in [7, 11) is 7.31. The van der Waals surface area contributed by atoms with E-state index in [9.17, 15) is 0 Å². The number of methoxy groups -OCH3 is 1. The minimum Gasteiger partial charge on any atom is -0.471 e. The van der Waals surface area contributed by atoms with Gasteiger partial charge < -0.3 is 9.64 Å². The van der Waals surface area contributed by atoms with Crippen LogP contribution in [-0.4, -0.2) is 39.6 Å². The van der Waals surface area contributed by atoms with Gasteiger partial charge in [0.25, 0.3) is 6.47 Å². The van der Waals surface area contributed by atoms with Crippen molar-refractivity contribution in [2.75, 3.05) is 28.3 Å². The summed E-state index contributed by atoms with van der Waals surface area (Å²) in [5.74, 6) is 0. The molecule has 0 amide bonds. The van der Waals surface area contributed by atoms with Gasteiger partial charge in [0.1, 0.15) is 0 Å². The number of carbonyl (C=O) groups is 1. The second kappa shape index (κ2) is 9.66. The maximum atomic E-state index is 8.95. The molecule has 8 heavy (non-hydrogen) atoms. The second-order valence-corrected chi connectivity index (χ2v) is 1.67. The highest BCUT2D eigenvalue weighted by molar-refractivity contribution is 5.36. The molecule has 0 rings (SSSR count). The van der Waals surface area contributed by atoms with Crippen LogP contribution >= 0.6 is 0 Å². The molecule has 0 saturated heterocycles. The molecule has 0 fully saturated rings. The summed E-state index contributed by atoms with van der Waals surface area (Å²) < 4.78 is 3.86. The van der Waals surface area contributed by atoms with Crippen molar-refractivity contribution in [1.82, 2.24) is 4.90 Å². The third-order valence-electron chi connectivity index (χ3n) is 0.0962. The molecule has 0 aliphatic heterocycles. The zero-order chi connectivity index (χ0) is 6.99. The fourth-order valence-electron chi connectivity index (χ4n) is 0. The fourth-order valence-corrected chi connectivity index (χ4v) is 0. The number of nitrogens with zero attached hydrogens (tertiary/aromatic N) is 1. The molecular formula is C5H13NO2. The van der Waals surface area contributed by atoms with E-state index in [4.69, 9.17) is 4.79 Å². The molecule has 0 heterocycles. The van der Waals surface area contributed by atoms with Crippen molar-refractivity contribution in [3.63, 3.8) is 0 Å². The number of ether oxygens (including phenoxy) is 1. The Morgan fingerprint density at radius 3 is 1.50 bits per heavy atom. The average Bonchev–Trinajstić information content (AvgIpc) is 1.65. The Balaban J connectivity index is 0. The van der Waals surface area contributed by atoms with E-state index in [2.05, 4.69) is 4.74 Å². The van der Waals surface area contributed by atoms with Crippen molar-refractivity contribution < 1.29 is 9.53 Å². The van der Waals surface area contributed by atoms with Crippen LogP contribution in [0.4, 0.5) is 0 Å². The first-order valence-corrected chi connectivity index (χ1v) is 2.22. The molecular weight excluding hydrogens is 106 g/mol. The van der Waals surface area contributed by atoms with Crippen molar-refractivity contribution in [2.45, 2.75) is 0 Å². The Bertz CT molecular complexity index is 42.9. The lowest BCUT2D eigenvalue weighted by molar-refractivity contribution is -0.126. The minimum absolute atomic E-state index is 0.375. The highest BCUT2D eigenvalue weighted by Crippen LogP contribution is 1.47. The van der Waals surface area contributed by atoms with E-state index in [1.807, 2.05) is 26.0 Å². The largest absolute Gasteiger partial charge is 0.471 e. The molecule has 0 radical (unpaired) electrons. The third-order valence-corrected chi connectivity index (χ3v) is 0.0962. The van der Waals surface area contributed by atoms with Crippen molar-refractivity contribution in [2.24, 2.45) is 0 Å². The molecule has 3 heteroatoms. The molecule has 0 aliphatic rings. The van der Waals surface area contributed by atoms with Crippen LogP contribution in [0.1, 0.15) is 0 Å². The zero-order valence-electron chi connectivity index (χ0n) is 5.84. The van der Waals surface area contributed by atoms with E-state index in [0.717, 1.165) is 0 Å². The van der Waals surface area contributed by atoms with Gasteiger partial charge in [-0.3, -0.25) is 4.79 Å². The second-order valence-electron chi connectivity index (χ2n) is 1.67. The molecule has 0 aromatic rings. The predicted molar refractivity (Wildman–Crippen MR) is 32.7 cm³/mol. The van der Waals surface area contributed by atoms with Crippen LogP contribution in [0.2, 0.25) is 0 Å². The first-order chi connectivity index (χ1) is 3.65. The standard InChI is InChI=1S/C3H9N.C2H4O2/c1-4(2)3;1-4-2-3/h1-3H3;2H,1H3. The van der Waals surface area contributed by atoms with E-state index in [-0.39, 0.29) is 0 Å². The van der Waals surface area contributed by atoms with Crippen molar-refractivity contribution in [3.05, 3.63) is 0 Å². The van der Waals surface area contributed by atoms with Gasteiger partial charge in [0, 0.05) is 0 Å². The van der Waals surface area contributed by atoms with Gasteiger partial charge in [-0.05, 0) is 21.1 Å². The highest BCUT2D eigenvalue weighted by atomic mass is 16.5.